The molecule has 2 heterocycles. The topological polar surface area (TPSA) is 109 Å². The van der Waals surface area contributed by atoms with E-state index in [0.29, 0.717) is 55.3 Å². The van der Waals surface area contributed by atoms with E-state index in [1.807, 2.05) is 6.92 Å². The summed E-state index contributed by atoms with van der Waals surface area (Å²) in [5.74, 6) is 0.713. The van der Waals surface area contributed by atoms with Gasteiger partial charge in [-0.1, -0.05) is 33.3 Å². The minimum absolute atomic E-state index is 0.0437. The van der Waals surface area contributed by atoms with Crippen LogP contribution in [0.4, 0.5) is 0 Å². The highest BCUT2D eigenvalue weighted by Gasteiger charge is 2.33. The standard InChI is InChI=1S/C27H27BrN2O7S/c1-6-36-19-10-15(8-9-18(19)31)24-23(26(33)35-5)14(3)29-27-30(24)25(32)22(38-27)12-16-11-21(37-7-2)20(34-4)13-17(16)28/h8-13,24,31H,6-7H2,1-5H3/b22-12-/t24-/m0/s1. The number of nitrogens with zero attached hydrogens (tertiary/aromatic N) is 2. The maximum Gasteiger partial charge on any atom is 0.338 e. The Morgan fingerprint density at radius 1 is 1.13 bits per heavy atom. The van der Waals surface area contributed by atoms with E-state index >= 15 is 0 Å². The number of phenolic OH excluding ortho intramolecular Hbond substituents is 1. The predicted octanol–water partition coefficient (Wildman–Crippen LogP) is 3.68. The first-order valence-corrected chi connectivity index (χ1v) is 13.4. The van der Waals surface area contributed by atoms with Gasteiger partial charge >= 0.3 is 5.97 Å². The fraction of sp³-hybridized carbons (Fsp3) is 0.296. The third-order valence-corrected chi connectivity index (χ3v) is 7.57. The van der Waals surface area contributed by atoms with Crippen LogP contribution < -0.4 is 29.1 Å². The molecular formula is C27H27BrN2O7S. The first-order valence-electron chi connectivity index (χ1n) is 11.8. The van der Waals surface area contributed by atoms with E-state index in [0.717, 1.165) is 0 Å². The monoisotopic (exact) mass is 602 g/mol. The molecule has 0 saturated heterocycles. The molecule has 0 fully saturated rings. The highest BCUT2D eigenvalue weighted by Crippen LogP contribution is 2.36. The zero-order chi connectivity index (χ0) is 27.6. The number of esters is 1. The second-order valence-corrected chi connectivity index (χ2v) is 10.1. The van der Waals surface area contributed by atoms with Gasteiger partial charge < -0.3 is 24.1 Å². The average Bonchev–Trinajstić information content (AvgIpc) is 3.20. The van der Waals surface area contributed by atoms with Crippen molar-refractivity contribution in [2.45, 2.75) is 26.8 Å². The summed E-state index contributed by atoms with van der Waals surface area (Å²) in [6.45, 7) is 6.16. The summed E-state index contributed by atoms with van der Waals surface area (Å²) in [5.41, 5.74) is 1.61. The molecule has 0 spiro atoms. The third kappa shape index (κ3) is 5.08. The van der Waals surface area contributed by atoms with Crippen molar-refractivity contribution in [1.29, 1.82) is 0 Å². The molecule has 0 saturated carbocycles. The summed E-state index contributed by atoms with van der Waals surface area (Å²) >= 11 is 4.76. The van der Waals surface area contributed by atoms with Crippen LogP contribution in [0, 0.1) is 0 Å². The minimum atomic E-state index is -0.834. The van der Waals surface area contributed by atoms with Gasteiger partial charge in [-0.3, -0.25) is 9.36 Å². The molecule has 0 amide bonds. The van der Waals surface area contributed by atoms with E-state index in [2.05, 4.69) is 20.9 Å². The molecule has 0 unspecified atom stereocenters. The summed E-state index contributed by atoms with van der Waals surface area (Å²) in [7, 11) is 2.84. The number of allylic oxidation sites excluding steroid dienone is 1. The van der Waals surface area contributed by atoms with Gasteiger partial charge in [-0.25, -0.2) is 9.79 Å². The number of aromatic nitrogens is 1. The fourth-order valence-corrected chi connectivity index (χ4v) is 5.68. The number of halogens is 1. The van der Waals surface area contributed by atoms with Crippen molar-refractivity contribution >= 4 is 39.3 Å². The highest BCUT2D eigenvalue weighted by atomic mass is 79.9. The van der Waals surface area contributed by atoms with Crippen molar-refractivity contribution in [3.63, 3.8) is 0 Å². The van der Waals surface area contributed by atoms with Crippen molar-refractivity contribution in [3.05, 3.63) is 76.9 Å². The summed E-state index contributed by atoms with van der Waals surface area (Å²) in [6.07, 6.45) is 1.74. The molecule has 3 aromatic rings. The maximum atomic E-state index is 13.8. The van der Waals surface area contributed by atoms with E-state index in [1.54, 1.807) is 51.3 Å². The van der Waals surface area contributed by atoms with Gasteiger partial charge in [-0.15, -0.1) is 0 Å². The van der Waals surface area contributed by atoms with Crippen LogP contribution in [0.1, 0.15) is 37.9 Å². The number of phenols is 1. The number of benzene rings is 2. The number of aromatic hydroxyl groups is 1. The zero-order valence-corrected chi connectivity index (χ0v) is 23.9. The molecule has 4 rings (SSSR count). The van der Waals surface area contributed by atoms with Crippen LogP contribution in [0.15, 0.2) is 55.9 Å². The number of rotatable bonds is 8. The van der Waals surface area contributed by atoms with Gasteiger partial charge in [0.25, 0.3) is 5.56 Å². The van der Waals surface area contributed by atoms with E-state index in [4.69, 9.17) is 18.9 Å². The Bertz CT molecular complexity index is 1610. The van der Waals surface area contributed by atoms with Crippen LogP contribution >= 0.6 is 27.3 Å². The Kier molecular flexibility index (Phi) is 8.27. The first-order chi connectivity index (χ1) is 18.2. The van der Waals surface area contributed by atoms with Crippen LogP contribution in [0.2, 0.25) is 0 Å². The molecule has 0 radical (unpaired) electrons. The smallest absolute Gasteiger partial charge is 0.338 e. The summed E-state index contributed by atoms with van der Waals surface area (Å²) in [6, 6.07) is 7.49. The number of carbonyl (C=O) groups is 1. The van der Waals surface area contributed by atoms with Gasteiger partial charge in [0.15, 0.2) is 27.8 Å². The number of hydrogen-bond donors (Lipinski definition) is 1. The molecule has 0 bridgehead atoms. The van der Waals surface area contributed by atoms with Crippen molar-refractivity contribution < 1.29 is 28.8 Å². The summed E-state index contributed by atoms with van der Waals surface area (Å²) in [5, 5.41) is 10.2. The van der Waals surface area contributed by atoms with Crippen molar-refractivity contribution in [3.8, 4) is 23.0 Å². The SMILES string of the molecule is CCOc1cc([C@H]2C(C(=O)OC)=C(C)N=c3s/c(=C\c4cc(OCC)c(OC)cc4Br)c(=O)n32)ccc1O. The molecule has 2 aromatic carbocycles. The van der Waals surface area contributed by atoms with Crippen LogP contribution in [0.3, 0.4) is 0 Å². The Morgan fingerprint density at radius 2 is 1.84 bits per heavy atom. The number of methoxy groups -OCH3 is 2. The molecule has 1 atom stereocenters. The molecule has 1 N–H and O–H groups in total. The number of hydrogen-bond acceptors (Lipinski definition) is 9. The van der Waals surface area contributed by atoms with Crippen LogP contribution in [-0.4, -0.2) is 43.1 Å². The number of thiazole rings is 1. The minimum Gasteiger partial charge on any atom is -0.504 e. The lowest BCUT2D eigenvalue weighted by Crippen LogP contribution is -2.39. The van der Waals surface area contributed by atoms with Gasteiger partial charge in [-0.05, 0) is 62.2 Å². The number of fused-ring (bicyclic) bond motifs is 1. The Hall–Kier alpha value is -3.57. The second kappa shape index (κ2) is 11.4. The fourth-order valence-electron chi connectivity index (χ4n) is 4.21. The molecular weight excluding hydrogens is 576 g/mol. The van der Waals surface area contributed by atoms with Crippen LogP contribution in [-0.2, 0) is 9.53 Å². The molecule has 1 aromatic heterocycles. The lowest BCUT2D eigenvalue weighted by Gasteiger charge is -2.24. The Balaban J connectivity index is 1.96. The van der Waals surface area contributed by atoms with Crippen molar-refractivity contribution in [2.24, 2.45) is 4.99 Å². The van der Waals surface area contributed by atoms with Crippen molar-refractivity contribution in [2.75, 3.05) is 27.4 Å². The molecule has 38 heavy (non-hydrogen) atoms. The molecule has 0 aliphatic carbocycles. The summed E-state index contributed by atoms with van der Waals surface area (Å²) < 4.78 is 24.3. The zero-order valence-electron chi connectivity index (χ0n) is 21.5. The molecule has 1 aliphatic heterocycles. The van der Waals surface area contributed by atoms with Gasteiger partial charge in [0, 0.05) is 4.47 Å². The Labute approximate surface area is 231 Å². The van der Waals surface area contributed by atoms with Gasteiger partial charge in [0.2, 0.25) is 0 Å². The Morgan fingerprint density at radius 3 is 2.50 bits per heavy atom. The quantitative estimate of drug-likeness (QED) is 0.392. The maximum absolute atomic E-state index is 13.8. The van der Waals surface area contributed by atoms with Gasteiger partial charge in [-0.2, -0.15) is 0 Å². The molecule has 9 nitrogen and oxygen atoms in total. The third-order valence-electron chi connectivity index (χ3n) is 5.90. The second-order valence-electron chi connectivity index (χ2n) is 8.19. The number of carbonyl (C=O) groups excluding carboxylic acids is 1. The average molecular weight is 603 g/mol. The van der Waals surface area contributed by atoms with Crippen molar-refractivity contribution in [1.82, 2.24) is 4.57 Å². The summed E-state index contributed by atoms with van der Waals surface area (Å²) in [4.78, 5) is 31.7. The van der Waals surface area contributed by atoms with Crippen LogP contribution in [0.5, 0.6) is 23.0 Å². The van der Waals surface area contributed by atoms with Gasteiger partial charge in [0.1, 0.15) is 0 Å². The van der Waals surface area contributed by atoms with E-state index < -0.39 is 12.0 Å². The van der Waals surface area contributed by atoms with Crippen LogP contribution in [0.25, 0.3) is 6.08 Å². The van der Waals surface area contributed by atoms with E-state index in [9.17, 15) is 14.7 Å². The highest BCUT2D eigenvalue weighted by molar-refractivity contribution is 9.10. The van der Waals surface area contributed by atoms with E-state index in [-0.39, 0.29) is 22.6 Å². The normalized spacial score (nSPS) is 15.1. The molecule has 11 heteroatoms. The lowest BCUT2D eigenvalue weighted by atomic mass is 9.95. The molecule has 200 valence electrons. The number of ether oxygens (including phenoxy) is 4. The van der Waals surface area contributed by atoms with Gasteiger partial charge in [0.05, 0.1) is 49.3 Å². The first kappa shape index (κ1) is 27.5. The lowest BCUT2D eigenvalue weighted by molar-refractivity contribution is -0.136. The predicted molar refractivity (Wildman–Crippen MR) is 147 cm³/mol. The van der Waals surface area contributed by atoms with E-state index in [1.165, 1.54) is 29.1 Å². The molecule has 1 aliphatic rings. The largest absolute Gasteiger partial charge is 0.504 e.